The Bertz CT molecular complexity index is 1240. The summed E-state index contributed by atoms with van der Waals surface area (Å²) in [6.45, 7) is 0. The molecule has 0 aliphatic rings. The summed E-state index contributed by atoms with van der Waals surface area (Å²) in [5, 5.41) is 7.91. The molecular weight excluding hydrogens is 433 g/mol. The van der Waals surface area contributed by atoms with Crippen molar-refractivity contribution in [2.75, 3.05) is 0 Å². The summed E-state index contributed by atoms with van der Waals surface area (Å²) in [5.41, 5.74) is -0.208. The summed E-state index contributed by atoms with van der Waals surface area (Å²) in [4.78, 5) is 12.2. The van der Waals surface area contributed by atoms with Gasteiger partial charge in [-0.05, 0) is 41.1 Å². The summed E-state index contributed by atoms with van der Waals surface area (Å²) >= 11 is 8.67. The molecule has 0 bridgehead atoms. The highest BCUT2D eigenvalue weighted by molar-refractivity contribution is 7.17. The standard InChI is InChI=1S/C18H10ClF3N2O2S2/c1-24-17(25)12-5-6-27-14(12)16(23-24)26-13-8-9(18(20,21)22)2-3-10(13)11-4-7-28-15(11)19/h2-8H,1H3. The number of hydrogen-bond donors (Lipinski definition) is 0. The fraction of sp³-hybridized carbons (Fsp3) is 0.111. The normalized spacial score (nSPS) is 11.9. The molecule has 0 aliphatic carbocycles. The zero-order valence-electron chi connectivity index (χ0n) is 14.1. The van der Waals surface area contributed by atoms with Gasteiger partial charge in [0.1, 0.15) is 14.8 Å². The Morgan fingerprint density at radius 2 is 1.86 bits per heavy atom. The Kier molecular flexibility index (Phi) is 4.68. The lowest BCUT2D eigenvalue weighted by atomic mass is 10.0. The van der Waals surface area contributed by atoms with E-state index in [2.05, 4.69) is 5.10 Å². The highest BCUT2D eigenvalue weighted by Gasteiger charge is 2.32. The lowest BCUT2D eigenvalue weighted by molar-refractivity contribution is -0.137. The summed E-state index contributed by atoms with van der Waals surface area (Å²) in [6.07, 6.45) is -4.54. The molecule has 0 atom stereocenters. The molecule has 1 aromatic carbocycles. The van der Waals surface area contributed by atoms with Crippen LogP contribution in [0.4, 0.5) is 13.2 Å². The minimum atomic E-state index is -4.54. The second-order valence-electron chi connectivity index (χ2n) is 5.82. The van der Waals surface area contributed by atoms with Crippen LogP contribution < -0.4 is 10.3 Å². The van der Waals surface area contributed by atoms with E-state index in [1.165, 1.54) is 35.8 Å². The van der Waals surface area contributed by atoms with Gasteiger partial charge in [-0.3, -0.25) is 4.79 Å². The van der Waals surface area contributed by atoms with Crippen LogP contribution in [0.1, 0.15) is 5.56 Å². The van der Waals surface area contributed by atoms with Crippen LogP contribution in [-0.4, -0.2) is 9.78 Å². The molecule has 0 amide bonds. The molecule has 0 aliphatic heterocycles. The van der Waals surface area contributed by atoms with Crippen LogP contribution in [0.2, 0.25) is 4.34 Å². The molecule has 0 saturated carbocycles. The Morgan fingerprint density at radius 1 is 1.11 bits per heavy atom. The van der Waals surface area contributed by atoms with Gasteiger partial charge >= 0.3 is 6.18 Å². The van der Waals surface area contributed by atoms with Crippen LogP contribution in [0.5, 0.6) is 11.6 Å². The first-order valence-electron chi connectivity index (χ1n) is 7.82. The number of thiophene rings is 2. The first-order chi connectivity index (χ1) is 13.3. The van der Waals surface area contributed by atoms with Crippen molar-refractivity contribution < 1.29 is 17.9 Å². The van der Waals surface area contributed by atoms with Crippen LogP contribution in [0, 0.1) is 0 Å². The quantitative estimate of drug-likeness (QED) is 0.380. The van der Waals surface area contributed by atoms with Gasteiger partial charge in [0.25, 0.3) is 11.4 Å². The predicted molar refractivity (Wildman–Crippen MR) is 105 cm³/mol. The van der Waals surface area contributed by atoms with Gasteiger partial charge in [-0.25, -0.2) is 4.68 Å². The molecule has 0 radical (unpaired) electrons. The number of nitrogens with zero attached hydrogens (tertiary/aromatic N) is 2. The van der Waals surface area contributed by atoms with Gasteiger partial charge in [-0.2, -0.15) is 13.2 Å². The molecule has 3 heterocycles. The second kappa shape index (κ2) is 6.91. The zero-order chi connectivity index (χ0) is 20.1. The predicted octanol–water partition coefficient (Wildman–Crippen LogP) is 6.19. The maximum atomic E-state index is 13.2. The molecule has 3 aromatic heterocycles. The van der Waals surface area contributed by atoms with Gasteiger partial charge in [-0.1, -0.05) is 11.6 Å². The van der Waals surface area contributed by atoms with E-state index in [-0.39, 0.29) is 17.2 Å². The number of benzene rings is 1. The molecule has 4 rings (SSSR count). The molecule has 4 aromatic rings. The Labute approximate surface area is 169 Å². The summed E-state index contributed by atoms with van der Waals surface area (Å²) in [6, 6.07) is 6.54. The minimum absolute atomic E-state index is 0.0454. The van der Waals surface area contributed by atoms with Crippen molar-refractivity contribution in [1.29, 1.82) is 0 Å². The van der Waals surface area contributed by atoms with Gasteiger partial charge in [0.05, 0.1) is 10.9 Å². The molecule has 0 N–H and O–H groups in total. The van der Waals surface area contributed by atoms with E-state index in [0.717, 1.165) is 16.8 Å². The molecule has 4 nitrogen and oxygen atoms in total. The van der Waals surface area contributed by atoms with E-state index < -0.39 is 11.7 Å². The smallest absolute Gasteiger partial charge is 0.416 e. The van der Waals surface area contributed by atoms with Crippen molar-refractivity contribution in [2.24, 2.45) is 7.05 Å². The van der Waals surface area contributed by atoms with Crippen LogP contribution in [0.25, 0.3) is 21.2 Å². The van der Waals surface area contributed by atoms with Crippen LogP contribution in [0.15, 0.2) is 45.9 Å². The first-order valence-corrected chi connectivity index (χ1v) is 9.96. The third kappa shape index (κ3) is 3.30. The summed E-state index contributed by atoms with van der Waals surface area (Å²) in [7, 11) is 1.45. The Hall–Kier alpha value is -2.36. The van der Waals surface area contributed by atoms with E-state index in [1.807, 2.05) is 0 Å². The third-order valence-corrected chi connectivity index (χ3v) is 6.12. The van der Waals surface area contributed by atoms with E-state index in [4.69, 9.17) is 16.3 Å². The van der Waals surface area contributed by atoms with Gasteiger partial charge in [0, 0.05) is 18.2 Å². The van der Waals surface area contributed by atoms with E-state index >= 15 is 0 Å². The number of ether oxygens (including phenoxy) is 1. The summed E-state index contributed by atoms with van der Waals surface area (Å²) < 4.78 is 47.5. The molecule has 0 fully saturated rings. The van der Waals surface area contributed by atoms with Crippen molar-refractivity contribution in [1.82, 2.24) is 9.78 Å². The van der Waals surface area contributed by atoms with E-state index in [0.29, 0.717) is 25.5 Å². The molecular formula is C18H10ClF3N2O2S2. The lowest BCUT2D eigenvalue weighted by Gasteiger charge is -2.14. The topological polar surface area (TPSA) is 44.1 Å². The van der Waals surface area contributed by atoms with Crippen molar-refractivity contribution in [3.05, 3.63) is 61.3 Å². The van der Waals surface area contributed by atoms with Gasteiger partial charge in [-0.15, -0.1) is 27.8 Å². The number of alkyl halides is 3. The molecule has 10 heteroatoms. The van der Waals surface area contributed by atoms with Crippen molar-refractivity contribution in [3.63, 3.8) is 0 Å². The maximum Gasteiger partial charge on any atom is 0.416 e. The van der Waals surface area contributed by atoms with Gasteiger partial charge < -0.3 is 4.74 Å². The van der Waals surface area contributed by atoms with E-state index in [9.17, 15) is 18.0 Å². The minimum Gasteiger partial charge on any atom is -0.436 e. The number of aromatic nitrogens is 2. The van der Waals surface area contributed by atoms with Gasteiger partial charge in [0.2, 0.25) is 0 Å². The zero-order valence-corrected chi connectivity index (χ0v) is 16.5. The fourth-order valence-electron chi connectivity index (χ4n) is 2.71. The highest BCUT2D eigenvalue weighted by Crippen LogP contribution is 2.43. The second-order valence-corrected chi connectivity index (χ2v) is 8.25. The molecule has 0 unspecified atom stereocenters. The van der Waals surface area contributed by atoms with Gasteiger partial charge in [0.15, 0.2) is 0 Å². The fourth-order valence-corrected chi connectivity index (χ4v) is 4.46. The Balaban J connectivity index is 1.91. The number of fused-ring (bicyclic) bond motifs is 1. The average molecular weight is 443 g/mol. The first kappa shape index (κ1) is 19.0. The number of aryl methyl sites for hydroxylation is 1. The Morgan fingerprint density at radius 3 is 2.54 bits per heavy atom. The molecule has 144 valence electrons. The largest absolute Gasteiger partial charge is 0.436 e. The number of halogens is 4. The van der Waals surface area contributed by atoms with E-state index in [1.54, 1.807) is 22.9 Å². The number of rotatable bonds is 3. The third-order valence-electron chi connectivity index (χ3n) is 4.05. The molecule has 0 saturated heterocycles. The molecule has 0 spiro atoms. The van der Waals surface area contributed by atoms with Crippen LogP contribution in [-0.2, 0) is 13.2 Å². The number of hydrogen-bond acceptors (Lipinski definition) is 5. The maximum absolute atomic E-state index is 13.2. The molecule has 28 heavy (non-hydrogen) atoms. The average Bonchev–Trinajstić information content (AvgIpc) is 3.28. The van der Waals surface area contributed by atoms with Crippen LogP contribution >= 0.6 is 34.3 Å². The lowest BCUT2D eigenvalue weighted by Crippen LogP contribution is -2.19. The summed E-state index contributed by atoms with van der Waals surface area (Å²) in [5.74, 6) is 0.00926. The van der Waals surface area contributed by atoms with Crippen molar-refractivity contribution >= 4 is 44.4 Å². The van der Waals surface area contributed by atoms with Crippen molar-refractivity contribution in [2.45, 2.75) is 6.18 Å². The monoisotopic (exact) mass is 442 g/mol. The van der Waals surface area contributed by atoms with Crippen LogP contribution in [0.3, 0.4) is 0 Å². The SMILES string of the molecule is Cn1nc(Oc2cc(C(F)(F)F)ccc2-c2ccsc2Cl)c2sccc2c1=O. The van der Waals surface area contributed by atoms with Crippen molar-refractivity contribution in [3.8, 4) is 22.8 Å². The highest BCUT2D eigenvalue weighted by atomic mass is 35.5.